The predicted molar refractivity (Wildman–Crippen MR) is 72.9 cm³/mol. The third kappa shape index (κ3) is 2.35. The Morgan fingerprint density at radius 3 is 2.68 bits per heavy atom. The molecule has 1 heterocycles. The van der Waals surface area contributed by atoms with Crippen molar-refractivity contribution in [2.75, 3.05) is 0 Å². The number of carbonyl (C=O) groups is 1. The van der Waals surface area contributed by atoms with Gasteiger partial charge in [0.05, 0.1) is 5.56 Å². The first kappa shape index (κ1) is 12.2. The molecular formula is C15H12ClNO2. The molecule has 1 aliphatic heterocycles. The van der Waals surface area contributed by atoms with Crippen LogP contribution in [0.15, 0.2) is 48.5 Å². The minimum absolute atomic E-state index is 0.285. The number of benzene rings is 2. The van der Waals surface area contributed by atoms with Crippen molar-refractivity contribution in [1.82, 2.24) is 5.32 Å². The van der Waals surface area contributed by atoms with E-state index in [1.807, 2.05) is 42.5 Å². The molecule has 1 N–H and O–H groups in total. The first-order chi connectivity index (χ1) is 9.25. The summed E-state index contributed by atoms with van der Waals surface area (Å²) in [6, 6.07) is 15.0. The van der Waals surface area contributed by atoms with Gasteiger partial charge in [0.1, 0.15) is 0 Å². The second-order valence-electron chi connectivity index (χ2n) is 4.34. The Balaban J connectivity index is 1.76. The van der Waals surface area contributed by atoms with Crippen molar-refractivity contribution < 1.29 is 9.53 Å². The highest BCUT2D eigenvalue weighted by molar-refractivity contribution is 6.31. The molecule has 0 aliphatic carbocycles. The lowest BCUT2D eigenvalue weighted by Gasteiger charge is -2.13. The van der Waals surface area contributed by atoms with Gasteiger partial charge in [0.2, 0.25) is 0 Å². The number of halogens is 1. The normalized spacial score (nSPS) is 17.1. The number of esters is 1. The van der Waals surface area contributed by atoms with Crippen LogP contribution in [0.1, 0.15) is 27.7 Å². The van der Waals surface area contributed by atoms with E-state index in [1.165, 1.54) is 0 Å². The molecule has 1 unspecified atom stereocenters. The van der Waals surface area contributed by atoms with E-state index >= 15 is 0 Å². The number of hydrogen-bond donors (Lipinski definition) is 1. The van der Waals surface area contributed by atoms with Gasteiger partial charge in [-0.05, 0) is 17.7 Å². The maximum absolute atomic E-state index is 11.7. The lowest BCUT2D eigenvalue weighted by molar-refractivity contribution is 0.0304. The predicted octanol–water partition coefficient (Wildman–Crippen LogP) is 3.30. The molecule has 0 amide bonds. The van der Waals surface area contributed by atoms with Gasteiger partial charge in [-0.2, -0.15) is 0 Å². The Morgan fingerprint density at radius 1 is 1.11 bits per heavy atom. The SMILES string of the molecule is O=C1OC(NCc2ccccc2Cl)c2ccccc21. The van der Waals surface area contributed by atoms with Gasteiger partial charge in [0.15, 0.2) is 6.23 Å². The van der Waals surface area contributed by atoms with Gasteiger partial charge in [-0.15, -0.1) is 0 Å². The van der Waals surface area contributed by atoms with Crippen LogP contribution in [-0.4, -0.2) is 5.97 Å². The number of rotatable bonds is 3. The van der Waals surface area contributed by atoms with Gasteiger partial charge in [-0.3, -0.25) is 5.32 Å². The van der Waals surface area contributed by atoms with Crippen LogP contribution in [0, 0.1) is 0 Å². The van der Waals surface area contributed by atoms with Crippen molar-refractivity contribution in [3.8, 4) is 0 Å². The van der Waals surface area contributed by atoms with Gasteiger partial charge in [0.25, 0.3) is 0 Å². The van der Waals surface area contributed by atoms with E-state index in [1.54, 1.807) is 6.07 Å². The molecule has 1 aliphatic rings. The molecule has 0 spiro atoms. The van der Waals surface area contributed by atoms with Gasteiger partial charge in [0, 0.05) is 17.1 Å². The summed E-state index contributed by atoms with van der Waals surface area (Å²) in [6.07, 6.45) is -0.403. The fraction of sp³-hybridized carbons (Fsp3) is 0.133. The van der Waals surface area contributed by atoms with Crippen LogP contribution in [0.4, 0.5) is 0 Å². The van der Waals surface area contributed by atoms with Crippen LogP contribution in [0.25, 0.3) is 0 Å². The average molecular weight is 274 g/mol. The molecule has 1 atom stereocenters. The Kier molecular flexibility index (Phi) is 3.23. The summed E-state index contributed by atoms with van der Waals surface area (Å²) in [7, 11) is 0. The van der Waals surface area contributed by atoms with Crippen LogP contribution < -0.4 is 5.32 Å². The zero-order valence-corrected chi connectivity index (χ0v) is 10.9. The number of nitrogens with one attached hydrogen (secondary N) is 1. The Morgan fingerprint density at radius 2 is 1.84 bits per heavy atom. The highest BCUT2D eigenvalue weighted by Crippen LogP contribution is 2.28. The lowest BCUT2D eigenvalue weighted by Crippen LogP contribution is -2.20. The molecule has 96 valence electrons. The van der Waals surface area contributed by atoms with Crippen molar-refractivity contribution >= 4 is 17.6 Å². The fourth-order valence-corrected chi connectivity index (χ4v) is 2.34. The topological polar surface area (TPSA) is 38.3 Å². The zero-order chi connectivity index (χ0) is 13.2. The van der Waals surface area contributed by atoms with E-state index in [2.05, 4.69) is 5.32 Å². The standard InChI is InChI=1S/C15H12ClNO2/c16-13-8-4-1-5-10(13)9-17-14-11-6-2-3-7-12(11)15(18)19-14/h1-8,14,17H,9H2. The molecule has 0 radical (unpaired) electrons. The van der Waals surface area contributed by atoms with Crippen LogP contribution in [0.3, 0.4) is 0 Å². The lowest BCUT2D eigenvalue weighted by atomic mass is 10.1. The van der Waals surface area contributed by atoms with E-state index in [0.717, 1.165) is 11.1 Å². The first-order valence-corrected chi connectivity index (χ1v) is 6.40. The van der Waals surface area contributed by atoms with Crippen molar-refractivity contribution in [3.05, 3.63) is 70.2 Å². The number of fused-ring (bicyclic) bond motifs is 1. The van der Waals surface area contributed by atoms with E-state index in [9.17, 15) is 4.79 Å². The Hall–Kier alpha value is -1.84. The molecule has 0 bridgehead atoms. The Labute approximate surface area is 116 Å². The fourth-order valence-electron chi connectivity index (χ4n) is 2.14. The van der Waals surface area contributed by atoms with Crippen molar-refractivity contribution in [2.45, 2.75) is 12.8 Å². The van der Waals surface area contributed by atoms with Gasteiger partial charge < -0.3 is 4.74 Å². The number of carbonyl (C=O) groups excluding carboxylic acids is 1. The van der Waals surface area contributed by atoms with Gasteiger partial charge in [-0.1, -0.05) is 48.0 Å². The van der Waals surface area contributed by atoms with Crippen LogP contribution in [0.2, 0.25) is 5.02 Å². The van der Waals surface area contributed by atoms with E-state index in [-0.39, 0.29) is 5.97 Å². The molecule has 2 aromatic carbocycles. The van der Waals surface area contributed by atoms with Crippen molar-refractivity contribution in [3.63, 3.8) is 0 Å². The maximum Gasteiger partial charge on any atom is 0.340 e. The molecule has 19 heavy (non-hydrogen) atoms. The number of ether oxygens (including phenoxy) is 1. The van der Waals surface area contributed by atoms with E-state index < -0.39 is 6.23 Å². The van der Waals surface area contributed by atoms with Crippen LogP contribution >= 0.6 is 11.6 Å². The summed E-state index contributed by atoms with van der Waals surface area (Å²) in [5.74, 6) is -0.285. The minimum atomic E-state index is -0.403. The van der Waals surface area contributed by atoms with Gasteiger partial charge in [-0.25, -0.2) is 4.79 Å². The van der Waals surface area contributed by atoms with Crippen molar-refractivity contribution in [1.29, 1.82) is 0 Å². The average Bonchev–Trinajstić information content (AvgIpc) is 2.75. The highest BCUT2D eigenvalue weighted by Gasteiger charge is 2.29. The zero-order valence-electron chi connectivity index (χ0n) is 10.1. The monoisotopic (exact) mass is 273 g/mol. The van der Waals surface area contributed by atoms with E-state index in [4.69, 9.17) is 16.3 Å². The molecule has 3 nitrogen and oxygen atoms in total. The Bertz CT molecular complexity index is 627. The molecule has 0 fully saturated rings. The molecular weight excluding hydrogens is 262 g/mol. The molecule has 0 saturated carbocycles. The van der Waals surface area contributed by atoms with Crippen LogP contribution in [0.5, 0.6) is 0 Å². The van der Waals surface area contributed by atoms with Gasteiger partial charge >= 0.3 is 5.97 Å². The first-order valence-electron chi connectivity index (χ1n) is 6.02. The molecule has 0 aromatic heterocycles. The summed E-state index contributed by atoms with van der Waals surface area (Å²) in [6.45, 7) is 0.548. The second-order valence-corrected chi connectivity index (χ2v) is 4.75. The third-order valence-corrected chi connectivity index (χ3v) is 3.49. The molecule has 3 rings (SSSR count). The largest absolute Gasteiger partial charge is 0.439 e. The summed E-state index contributed by atoms with van der Waals surface area (Å²) in [5.41, 5.74) is 2.48. The molecule has 4 heteroatoms. The molecule has 0 saturated heterocycles. The molecule has 2 aromatic rings. The maximum atomic E-state index is 11.7. The summed E-state index contributed by atoms with van der Waals surface area (Å²) >= 11 is 6.09. The quantitative estimate of drug-likeness (QED) is 0.872. The highest BCUT2D eigenvalue weighted by atomic mass is 35.5. The van der Waals surface area contributed by atoms with E-state index in [0.29, 0.717) is 17.1 Å². The number of cyclic esters (lactones) is 1. The minimum Gasteiger partial charge on any atom is -0.439 e. The van der Waals surface area contributed by atoms with Crippen LogP contribution in [-0.2, 0) is 11.3 Å². The summed E-state index contributed by atoms with van der Waals surface area (Å²) < 4.78 is 5.30. The smallest absolute Gasteiger partial charge is 0.340 e. The van der Waals surface area contributed by atoms with Crippen molar-refractivity contribution in [2.24, 2.45) is 0 Å². The third-order valence-electron chi connectivity index (χ3n) is 3.12. The summed E-state index contributed by atoms with van der Waals surface area (Å²) in [5, 5.41) is 3.90. The summed E-state index contributed by atoms with van der Waals surface area (Å²) in [4.78, 5) is 11.7. The second kappa shape index (κ2) is 5.03. The number of hydrogen-bond acceptors (Lipinski definition) is 3.